The lowest BCUT2D eigenvalue weighted by Gasteiger charge is -2.49. The Morgan fingerprint density at radius 1 is 0.526 bits per heavy atom. The van der Waals surface area contributed by atoms with Crippen molar-refractivity contribution in [2.24, 2.45) is 0 Å². The predicted molar refractivity (Wildman–Crippen MR) is 226 cm³/mol. The normalized spacial score (nSPS) is 20.7. The SMILES string of the molecule is CCCCCCCCCCCCCCCC(=O)[C@@]1(O)O[C@H](COCc2ccccc2)[C@@H](OCc2ccccc2)[C@H](OCc2ccccc2)[C@H]1OCc1ccccc1. The maximum Gasteiger partial charge on any atom is 0.256 e. The first-order valence-electron chi connectivity index (χ1n) is 21.6. The minimum absolute atomic E-state index is 0.0687. The molecule has 0 amide bonds. The lowest BCUT2D eigenvalue weighted by molar-refractivity contribution is -0.353. The predicted octanol–water partition coefficient (Wildman–Crippen LogP) is 11.1. The molecule has 0 unspecified atom stereocenters. The zero-order valence-corrected chi connectivity index (χ0v) is 34.2. The topological polar surface area (TPSA) is 83.5 Å². The Kier molecular flexibility index (Phi) is 20.0. The summed E-state index contributed by atoms with van der Waals surface area (Å²) in [6.07, 6.45) is 12.2. The third kappa shape index (κ3) is 15.2. The first-order valence-corrected chi connectivity index (χ1v) is 21.6. The summed E-state index contributed by atoms with van der Waals surface area (Å²) in [7, 11) is 0. The number of ketones is 1. The van der Waals surface area contributed by atoms with Crippen molar-refractivity contribution in [3.63, 3.8) is 0 Å². The van der Waals surface area contributed by atoms with E-state index < -0.39 is 36.0 Å². The van der Waals surface area contributed by atoms with Crippen LogP contribution in [0.1, 0.15) is 119 Å². The number of rotatable bonds is 28. The van der Waals surface area contributed by atoms with Gasteiger partial charge in [0.2, 0.25) is 0 Å². The van der Waals surface area contributed by atoms with E-state index in [1.165, 1.54) is 57.8 Å². The fourth-order valence-corrected chi connectivity index (χ4v) is 7.56. The number of unbranched alkanes of at least 4 members (excludes halogenated alkanes) is 12. The fraction of sp³-hybridized carbons (Fsp3) is 0.500. The molecule has 1 heterocycles. The van der Waals surface area contributed by atoms with E-state index in [9.17, 15) is 9.90 Å². The zero-order chi connectivity index (χ0) is 39.8. The Hall–Kier alpha value is -3.69. The molecule has 1 saturated heterocycles. The minimum Gasteiger partial charge on any atom is -0.374 e. The van der Waals surface area contributed by atoms with Crippen molar-refractivity contribution in [3.05, 3.63) is 144 Å². The second-order valence-electron chi connectivity index (χ2n) is 15.5. The van der Waals surface area contributed by atoms with E-state index >= 15 is 0 Å². The van der Waals surface area contributed by atoms with Crippen LogP contribution in [-0.4, -0.2) is 47.7 Å². The highest BCUT2D eigenvalue weighted by Crippen LogP contribution is 2.37. The number of benzene rings is 4. The summed E-state index contributed by atoms with van der Waals surface area (Å²) in [4.78, 5) is 14.4. The largest absolute Gasteiger partial charge is 0.374 e. The Morgan fingerprint density at radius 3 is 1.37 bits per heavy atom. The van der Waals surface area contributed by atoms with Gasteiger partial charge in [-0.05, 0) is 28.7 Å². The third-order valence-corrected chi connectivity index (χ3v) is 10.8. The molecular weight excluding hydrogens is 713 g/mol. The van der Waals surface area contributed by atoms with Crippen molar-refractivity contribution in [1.29, 1.82) is 0 Å². The quantitative estimate of drug-likeness (QED) is 0.0575. The lowest BCUT2D eigenvalue weighted by atomic mass is 9.87. The van der Waals surface area contributed by atoms with Gasteiger partial charge in [-0.25, -0.2) is 0 Å². The number of carbonyl (C=O) groups is 1. The van der Waals surface area contributed by atoms with Gasteiger partial charge in [-0.2, -0.15) is 0 Å². The van der Waals surface area contributed by atoms with Crippen molar-refractivity contribution in [2.45, 2.75) is 153 Å². The summed E-state index contributed by atoms with van der Waals surface area (Å²) in [5.41, 5.74) is 3.83. The van der Waals surface area contributed by atoms with Gasteiger partial charge < -0.3 is 28.8 Å². The highest BCUT2D eigenvalue weighted by atomic mass is 16.7. The number of Topliss-reactive ketones (excluding diaryl/α,β-unsaturated/α-hetero) is 1. The summed E-state index contributed by atoms with van der Waals surface area (Å²) in [5, 5.41) is 12.6. The van der Waals surface area contributed by atoms with E-state index in [1.807, 2.05) is 121 Å². The van der Waals surface area contributed by atoms with Gasteiger partial charge in [0.1, 0.15) is 24.4 Å². The molecule has 4 aromatic carbocycles. The Bertz CT molecular complexity index is 1620. The summed E-state index contributed by atoms with van der Waals surface area (Å²) >= 11 is 0. The highest BCUT2D eigenvalue weighted by molar-refractivity contribution is 5.86. The molecule has 5 atom stereocenters. The first kappa shape index (κ1) is 44.4. The molecule has 308 valence electrons. The molecule has 7 heteroatoms. The van der Waals surface area contributed by atoms with Gasteiger partial charge in [-0.15, -0.1) is 0 Å². The second-order valence-corrected chi connectivity index (χ2v) is 15.5. The lowest BCUT2D eigenvalue weighted by Crippen LogP contribution is -2.69. The third-order valence-electron chi connectivity index (χ3n) is 10.8. The van der Waals surface area contributed by atoms with Crippen LogP contribution in [0.25, 0.3) is 0 Å². The highest BCUT2D eigenvalue weighted by Gasteiger charge is 2.59. The van der Waals surface area contributed by atoms with Gasteiger partial charge in [-0.3, -0.25) is 4.79 Å². The number of aliphatic hydroxyl groups is 1. The van der Waals surface area contributed by atoms with Gasteiger partial charge in [-0.1, -0.05) is 205 Å². The zero-order valence-electron chi connectivity index (χ0n) is 34.2. The average molecular weight is 779 g/mol. The molecule has 0 aliphatic carbocycles. The van der Waals surface area contributed by atoms with E-state index in [4.69, 9.17) is 23.7 Å². The fourth-order valence-electron chi connectivity index (χ4n) is 7.56. The number of carbonyl (C=O) groups excluding carboxylic acids is 1. The minimum atomic E-state index is -2.29. The molecule has 1 N–H and O–H groups in total. The number of hydrogen-bond acceptors (Lipinski definition) is 7. The summed E-state index contributed by atoms with van der Waals surface area (Å²) < 4.78 is 32.8. The maximum atomic E-state index is 14.4. The molecule has 0 bridgehead atoms. The van der Waals surface area contributed by atoms with Crippen LogP contribution in [0.2, 0.25) is 0 Å². The van der Waals surface area contributed by atoms with Crippen LogP contribution in [-0.2, 0) is 54.9 Å². The standard InChI is InChI=1S/C50H66O7/c1-2-3-4-5-6-7-8-9-10-11-12-13-26-35-46(51)50(52)49(56-39-44-33-24-17-25-34-44)48(55-38-43-31-22-16-23-32-43)47(54-37-42-29-20-15-21-30-42)45(57-50)40-53-36-41-27-18-14-19-28-41/h14-25,27-34,45,47-49,52H,2-13,26,35-40H2,1H3/t45-,47-,48+,49-,50-/m1/s1. The molecule has 1 fully saturated rings. The van der Waals surface area contributed by atoms with Crippen molar-refractivity contribution in [3.8, 4) is 0 Å². The first-order chi connectivity index (χ1) is 28.1. The second kappa shape index (κ2) is 25.6. The van der Waals surface area contributed by atoms with Crippen LogP contribution in [0.3, 0.4) is 0 Å². The van der Waals surface area contributed by atoms with Crippen molar-refractivity contribution in [2.75, 3.05) is 6.61 Å². The molecule has 4 aromatic rings. The van der Waals surface area contributed by atoms with E-state index in [2.05, 4.69) is 6.92 Å². The molecule has 1 aliphatic rings. The Labute approximate surface area is 342 Å². The molecular formula is C50H66O7. The van der Waals surface area contributed by atoms with E-state index in [-0.39, 0.29) is 32.8 Å². The number of hydrogen-bond donors (Lipinski definition) is 1. The van der Waals surface area contributed by atoms with Crippen LogP contribution < -0.4 is 0 Å². The maximum absolute atomic E-state index is 14.4. The monoisotopic (exact) mass is 778 g/mol. The molecule has 0 aromatic heterocycles. The van der Waals surface area contributed by atoms with Gasteiger partial charge in [0.05, 0.1) is 33.0 Å². The van der Waals surface area contributed by atoms with E-state index in [1.54, 1.807) is 0 Å². The molecule has 0 spiro atoms. The van der Waals surface area contributed by atoms with Crippen LogP contribution >= 0.6 is 0 Å². The van der Waals surface area contributed by atoms with Crippen LogP contribution in [0, 0.1) is 0 Å². The average Bonchev–Trinajstić information content (AvgIpc) is 3.25. The van der Waals surface area contributed by atoms with Gasteiger partial charge in [0.25, 0.3) is 5.79 Å². The molecule has 7 nitrogen and oxygen atoms in total. The smallest absolute Gasteiger partial charge is 0.256 e. The molecule has 5 rings (SSSR count). The molecule has 1 aliphatic heterocycles. The molecule has 0 radical (unpaired) electrons. The summed E-state index contributed by atoms with van der Waals surface area (Å²) in [5.74, 6) is -2.70. The molecule has 57 heavy (non-hydrogen) atoms. The van der Waals surface area contributed by atoms with Gasteiger partial charge in [0.15, 0.2) is 5.78 Å². The van der Waals surface area contributed by atoms with Crippen LogP contribution in [0.15, 0.2) is 121 Å². The van der Waals surface area contributed by atoms with Gasteiger partial charge >= 0.3 is 0 Å². The summed E-state index contributed by atoms with van der Waals surface area (Å²) in [6, 6.07) is 39.4. The van der Waals surface area contributed by atoms with Crippen molar-refractivity contribution >= 4 is 5.78 Å². The van der Waals surface area contributed by atoms with E-state index in [0.717, 1.165) is 41.5 Å². The van der Waals surface area contributed by atoms with E-state index in [0.29, 0.717) is 13.0 Å². The van der Waals surface area contributed by atoms with Crippen LogP contribution in [0.5, 0.6) is 0 Å². The summed E-state index contributed by atoms with van der Waals surface area (Å²) in [6.45, 7) is 3.31. The van der Waals surface area contributed by atoms with Crippen molar-refractivity contribution in [1.82, 2.24) is 0 Å². The Morgan fingerprint density at radius 2 is 0.912 bits per heavy atom. The Balaban J connectivity index is 1.32. The van der Waals surface area contributed by atoms with Crippen LogP contribution in [0.4, 0.5) is 0 Å². The van der Waals surface area contributed by atoms with Gasteiger partial charge in [0, 0.05) is 6.42 Å². The molecule has 0 saturated carbocycles. The van der Waals surface area contributed by atoms with Crippen molar-refractivity contribution < 1.29 is 33.6 Å². The number of ether oxygens (including phenoxy) is 5.